The molecule has 3 aromatic rings. The van der Waals surface area contributed by atoms with Gasteiger partial charge in [-0.1, -0.05) is 11.6 Å². The molecule has 0 N–H and O–H groups in total. The van der Waals surface area contributed by atoms with Crippen LogP contribution in [0.25, 0.3) is 10.6 Å². The van der Waals surface area contributed by atoms with Gasteiger partial charge in [0.1, 0.15) is 10.8 Å². The first-order valence-electron chi connectivity index (χ1n) is 6.24. The molecule has 0 amide bonds. The highest BCUT2D eigenvalue weighted by Crippen LogP contribution is 2.29. The van der Waals surface area contributed by atoms with E-state index in [-0.39, 0.29) is 12.4 Å². The van der Waals surface area contributed by atoms with E-state index in [9.17, 15) is 4.79 Å². The van der Waals surface area contributed by atoms with E-state index in [2.05, 4.69) is 20.9 Å². The van der Waals surface area contributed by atoms with E-state index in [1.807, 2.05) is 22.2 Å². The summed E-state index contributed by atoms with van der Waals surface area (Å²) in [5, 5.41) is 7.41. The number of thiazole rings is 1. The molecular weight excluding hydrogens is 406 g/mol. The maximum Gasteiger partial charge on any atom is 0.317 e. The summed E-state index contributed by atoms with van der Waals surface area (Å²) in [6.45, 7) is 0. The van der Waals surface area contributed by atoms with Crippen molar-refractivity contribution in [1.82, 2.24) is 4.98 Å². The lowest BCUT2D eigenvalue weighted by molar-refractivity contribution is -0.133. The fraction of sp³-hybridized carbons (Fsp3) is 0.0667. The summed E-state index contributed by atoms with van der Waals surface area (Å²) in [5.41, 5.74) is 1.79. The number of rotatable bonds is 4. The number of carbonyl (C=O) groups is 1. The van der Waals surface area contributed by atoms with Crippen molar-refractivity contribution >= 4 is 56.2 Å². The van der Waals surface area contributed by atoms with E-state index in [0.29, 0.717) is 20.9 Å². The first-order chi connectivity index (χ1) is 10.6. The lowest BCUT2D eigenvalue weighted by Gasteiger charge is -2.05. The molecule has 0 bridgehead atoms. The quantitative estimate of drug-likeness (QED) is 0.422. The zero-order valence-corrected chi connectivity index (χ0v) is 15.1. The van der Waals surface area contributed by atoms with Gasteiger partial charge in [-0.05, 0) is 45.6 Å². The maximum atomic E-state index is 12.0. The fourth-order valence-corrected chi connectivity index (χ4v) is 4.07. The molecule has 0 saturated carbocycles. The molecule has 2 aromatic heterocycles. The van der Waals surface area contributed by atoms with Crippen LogP contribution >= 0.6 is 50.2 Å². The number of ether oxygens (including phenoxy) is 1. The summed E-state index contributed by atoms with van der Waals surface area (Å²) in [6, 6.07) is 7.02. The summed E-state index contributed by atoms with van der Waals surface area (Å²) >= 11 is 12.3. The number of thiophene rings is 1. The topological polar surface area (TPSA) is 39.2 Å². The molecule has 2 heterocycles. The molecule has 0 spiro atoms. The third-order valence-electron chi connectivity index (χ3n) is 2.76. The summed E-state index contributed by atoms with van der Waals surface area (Å²) in [4.78, 5) is 16.5. The lowest BCUT2D eigenvalue weighted by Crippen LogP contribution is -2.11. The molecule has 0 aliphatic carbocycles. The third kappa shape index (κ3) is 3.76. The minimum Gasteiger partial charge on any atom is -0.425 e. The van der Waals surface area contributed by atoms with Crippen LogP contribution in [0.4, 0.5) is 0 Å². The summed E-state index contributed by atoms with van der Waals surface area (Å²) < 4.78 is 5.97. The van der Waals surface area contributed by atoms with Crippen molar-refractivity contribution in [2.24, 2.45) is 0 Å². The predicted molar refractivity (Wildman–Crippen MR) is 93.9 cm³/mol. The summed E-state index contributed by atoms with van der Waals surface area (Å²) in [5.74, 6) is 0.0906. The van der Waals surface area contributed by atoms with Gasteiger partial charge in [-0.2, -0.15) is 11.3 Å². The van der Waals surface area contributed by atoms with Gasteiger partial charge >= 0.3 is 5.97 Å². The Bertz CT molecular complexity index is 802. The number of carbonyl (C=O) groups excluding carboxylic acids is 1. The molecule has 0 fully saturated rings. The smallest absolute Gasteiger partial charge is 0.317 e. The van der Waals surface area contributed by atoms with E-state index >= 15 is 0 Å². The molecule has 0 atom stereocenters. The average Bonchev–Trinajstić information content (AvgIpc) is 3.12. The largest absolute Gasteiger partial charge is 0.425 e. The molecule has 0 saturated heterocycles. The van der Waals surface area contributed by atoms with Gasteiger partial charge in [0.15, 0.2) is 0 Å². The van der Waals surface area contributed by atoms with Gasteiger partial charge in [0.2, 0.25) is 0 Å². The zero-order valence-electron chi connectivity index (χ0n) is 11.1. The Balaban J connectivity index is 1.67. The van der Waals surface area contributed by atoms with Gasteiger partial charge in [0.25, 0.3) is 0 Å². The summed E-state index contributed by atoms with van der Waals surface area (Å²) in [6.07, 6.45) is 0.135. The Kier molecular flexibility index (Phi) is 4.93. The minimum atomic E-state index is -0.356. The molecule has 7 heteroatoms. The number of halogens is 2. The predicted octanol–water partition coefficient (Wildman–Crippen LogP) is 5.44. The van der Waals surface area contributed by atoms with Crippen LogP contribution in [0.2, 0.25) is 5.02 Å². The number of esters is 1. The van der Waals surface area contributed by atoms with E-state index in [0.717, 1.165) is 10.6 Å². The van der Waals surface area contributed by atoms with Crippen LogP contribution in [-0.4, -0.2) is 11.0 Å². The standard InChI is InChI=1S/C15H9BrClNO2S2/c16-12-5-10(17)1-2-13(12)20-14(19)6-11-8-22-15(18-11)9-3-4-21-7-9/h1-5,7-8H,6H2. The molecule has 112 valence electrons. The van der Waals surface area contributed by atoms with Gasteiger partial charge < -0.3 is 4.74 Å². The highest BCUT2D eigenvalue weighted by atomic mass is 79.9. The van der Waals surface area contributed by atoms with Crippen molar-refractivity contribution in [2.45, 2.75) is 6.42 Å². The van der Waals surface area contributed by atoms with Gasteiger partial charge in [-0.25, -0.2) is 4.98 Å². The van der Waals surface area contributed by atoms with Gasteiger partial charge in [0.05, 0.1) is 16.6 Å². The average molecular weight is 415 g/mol. The molecular formula is C15H9BrClNO2S2. The number of hydrogen-bond donors (Lipinski definition) is 0. The van der Waals surface area contributed by atoms with Crippen molar-refractivity contribution in [3.8, 4) is 16.3 Å². The zero-order chi connectivity index (χ0) is 15.5. The Hall–Kier alpha value is -1.21. The van der Waals surface area contributed by atoms with Crippen LogP contribution in [0, 0.1) is 0 Å². The highest BCUT2D eigenvalue weighted by Gasteiger charge is 2.13. The van der Waals surface area contributed by atoms with Crippen LogP contribution in [-0.2, 0) is 11.2 Å². The normalized spacial score (nSPS) is 10.6. The van der Waals surface area contributed by atoms with Crippen molar-refractivity contribution in [1.29, 1.82) is 0 Å². The molecule has 0 unspecified atom stereocenters. The van der Waals surface area contributed by atoms with Crippen LogP contribution in [0.1, 0.15) is 5.69 Å². The summed E-state index contributed by atoms with van der Waals surface area (Å²) in [7, 11) is 0. The van der Waals surface area contributed by atoms with Gasteiger partial charge in [-0.15, -0.1) is 11.3 Å². The van der Waals surface area contributed by atoms with Crippen LogP contribution in [0.3, 0.4) is 0 Å². The number of aromatic nitrogens is 1. The number of benzene rings is 1. The Morgan fingerprint density at radius 1 is 1.32 bits per heavy atom. The second-order valence-electron chi connectivity index (χ2n) is 4.38. The van der Waals surface area contributed by atoms with Crippen LogP contribution in [0.15, 0.2) is 44.9 Å². The Labute approximate surface area is 148 Å². The van der Waals surface area contributed by atoms with E-state index in [1.54, 1.807) is 29.5 Å². The first-order valence-corrected chi connectivity index (χ1v) is 9.24. The highest BCUT2D eigenvalue weighted by molar-refractivity contribution is 9.10. The molecule has 22 heavy (non-hydrogen) atoms. The van der Waals surface area contributed by atoms with Crippen molar-refractivity contribution < 1.29 is 9.53 Å². The lowest BCUT2D eigenvalue weighted by atomic mass is 10.3. The molecule has 3 rings (SSSR count). The minimum absolute atomic E-state index is 0.135. The van der Waals surface area contributed by atoms with E-state index in [1.165, 1.54) is 11.3 Å². The molecule has 0 aliphatic heterocycles. The second kappa shape index (κ2) is 6.91. The van der Waals surface area contributed by atoms with Gasteiger partial charge in [0, 0.05) is 21.3 Å². The molecule has 0 radical (unpaired) electrons. The number of hydrogen-bond acceptors (Lipinski definition) is 5. The van der Waals surface area contributed by atoms with E-state index in [4.69, 9.17) is 16.3 Å². The molecule has 3 nitrogen and oxygen atoms in total. The van der Waals surface area contributed by atoms with E-state index < -0.39 is 0 Å². The van der Waals surface area contributed by atoms with Crippen molar-refractivity contribution in [2.75, 3.05) is 0 Å². The molecule has 1 aromatic carbocycles. The van der Waals surface area contributed by atoms with Crippen molar-refractivity contribution in [3.63, 3.8) is 0 Å². The first kappa shape index (κ1) is 15.7. The van der Waals surface area contributed by atoms with Crippen LogP contribution in [0.5, 0.6) is 5.75 Å². The second-order valence-corrected chi connectivity index (χ2v) is 7.31. The van der Waals surface area contributed by atoms with Crippen LogP contribution < -0.4 is 4.74 Å². The SMILES string of the molecule is O=C(Cc1csc(-c2ccsc2)n1)Oc1ccc(Cl)cc1Br. The Morgan fingerprint density at radius 2 is 2.18 bits per heavy atom. The third-order valence-corrected chi connectivity index (χ3v) is 5.24. The molecule has 0 aliphatic rings. The monoisotopic (exact) mass is 413 g/mol. The number of nitrogens with zero attached hydrogens (tertiary/aromatic N) is 1. The van der Waals surface area contributed by atoms with Crippen molar-refractivity contribution in [3.05, 3.63) is 55.6 Å². The van der Waals surface area contributed by atoms with Gasteiger partial charge in [-0.3, -0.25) is 4.79 Å². The fourth-order valence-electron chi connectivity index (χ4n) is 1.77. The maximum absolute atomic E-state index is 12.0. The Morgan fingerprint density at radius 3 is 2.91 bits per heavy atom.